The van der Waals surface area contributed by atoms with Crippen molar-refractivity contribution in [1.29, 1.82) is 0 Å². The van der Waals surface area contributed by atoms with E-state index in [0.29, 0.717) is 11.5 Å². The lowest BCUT2D eigenvalue weighted by Crippen LogP contribution is -1.87. The molecule has 9 heteroatoms. The Morgan fingerprint density at radius 1 is 1.00 bits per heavy atom. The van der Waals surface area contributed by atoms with E-state index in [2.05, 4.69) is 26.3 Å². The van der Waals surface area contributed by atoms with Crippen LogP contribution >= 0.6 is 22.9 Å². The number of hydrogen-bond donors (Lipinski definition) is 2. The van der Waals surface area contributed by atoms with Crippen LogP contribution in [-0.2, 0) is 7.05 Å². The summed E-state index contributed by atoms with van der Waals surface area (Å²) in [5.74, 6) is 0.669. The average Bonchev–Trinajstić information content (AvgIpc) is 3.52. The fourth-order valence-corrected chi connectivity index (χ4v) is 4.65. The highest BCUT2D eigenvalue weighted by atomic mass is 35.5. The Morgan fingerprint density at radius 2 is 1.93 bits per heavy atom. The van der Waals surface area contributed by atoms with E-state index >= 15 is 0 Å². The van der Waals surface area contributed by atoms with Crippen LogP contribution in [0, 0.1) is 0 Å². The molecule has 0 fully saturated rings. The number of hydrogen-bond acceptors (Lipinski definition) is 5. The van der Waals surface area contributed by atoms with E-state index in [4.69, 9.17) is 21.6 Å². The van der Waals surface area contributed by atoms with Crippen LogP contribution in [0.1, 0.15) is 0 Å². The van der Waals surface area contributed by atoms with Crippen molar-refractivity contribution in [3.8, 4) is 33.2 Å². The monoisotopic (exact) mass is 431 g/mol. The molecule has 0 saturated heterocycles. The second-order valence-electron chi connectivity index (χ2n) is 6.96. The van der Waals surface area contributed by atoms with Crippen LogP contribution < -0.4 is 0 Å². The summed E-state index contributed by atoms with van der Waals surface area (Å²) < 4.78 is 2.51. The maximum atomic E-state index is 6.14. The van der Waals surface area contributed by atoms with Crippen molar-refractivity contribution in [2.24, 2.45) is 7.05 Å². The number of aryl methyl sites for hydroxylation is 1. The third kappa shape index (κ3) is 2.72. The highest BCUT2D eigenvalue weighted by Crippen LogP contribution is 2.36. The molecule has 5 heterocycles. The van der Waals surface area contributed by atoms with Crippen molar-refractivity contribution in [1.82, 2.24) is 34.9 Å². The summed E-state index contributed by atoms with van der Waals surface area (Å²) in [5.41, 5.74) is 6.94. The minimum Gasteiger partial charge on any atom is -0.336 e. The van der Waals surface area contributed by atoms with Crippen LogP contribution in [0.15, 0.2) is 54.9 Å². The second-order valence-corrected chi connectivity index (χ2v) is 8.67. The Morgan fingerprint density at radius 3 is 2.73 bits per heavy atom. The van der Waals surface area contributed by atoms with Gasteiger partial charge in [0.1, 0.15) is 5.52 Å². The molecule has 2 N–H and O–H groups in total. The van der Waals surface area contributed by atoms with Gasteiger partial charge in [-0.1, -0.05) is 23.7 Å². The zero-order chi connectivity index (χ0) is 20.2. The molecule has 6 rings (SSSR count). The number of benzene rings is 1. The quantitative estimate of drug-likeness (QED) is 0.398. The number of nitrogens with zero attached hydrogens (tertiary/aromatic N) is 5. The number of aromatic nitrogens is 7. The molecule has 0 aliphatic carbocycles. The molecule has 0 amide bonds. The van der Waals surface area contributed by atoms with E-state index < -0.39 is 0 Å². The Bertz CT molecular complexity index is 1540. The normalized spacial score (nSPS) is 11.7. The van der Waals surface area contributed by atoms with Gasteiger partial charge in [0, 0.05) is 29.2 Å². The lowest BCUT2D eigenvalue weighted by atomic mass is 10.1. The lowest BCUT2D eigenvalue weighted by Gasteiger charge is -1.98. The number of H-pyrrole nitrogens is 2. The Kier molecular flexibility index (Phi) is 3.77. The van der Waals surface area contributed by atoms with Crippen LogP contribution in [0.3, 0.4) is 0 Å². The standard InChI is InChI=1S/C21H14ClN7S/c1-29-10-11(9-23-29)13-5-6-15-19(24-13)20(28-27-15)21-25-14-4-2-3-12(18(14)26-21)16-7-8-17(22)30-16/h2-10H,1H3,(H,25,26)(H,27,28). The number of pyridine rings is 1. The van der Waals surface area contributed by atoms with Gasteiger partial charge < -0.3 is 4.98 Å². The lowest BCUT2D eigenvalue weighted by molar-refractivity contribution is 0.768. The van der Waals surface area contributed by atoms with Gasteiger partial charge in [-0.05, 0) is 30.3 Å². The van der Waals surface area contributed by atoms with Crippen molar-refractivity contribution >= 4 is 45.0 Å². The maximum Gasteiger partial charge on any atom is 0.161 e. The summed E-state index contributed by atoms with van der Waals surface area (Å²) in [6.45, 7) is 0. The van der Waals surface area contributed by atoms with Crippen LogP contribution in [-0.4, -0.2) is 34.9 Å². The van der Waals surface area contributed by atoms with E-state index in [-0.39, 0.29) is 0 Å². The molecule has 0 spiro atoms. The van der Waals surface area contributed by atoms with Crippen molar-refractivity contribution in [2.75, 3.05) is 0 Å². The Hall–Kier alpha value is -3.49. The summed E-state index contributed by atoms with van der Waals surface area (Å²) in [7, 11) is 1.89. The van der Waals surface area contributed by atoms with Gasteiger partial charge in [-0.15, -0.1) is 11.3 Å². The second kappa shape index (κ2) is 6.51. The molecule has 1 aromatic carbocycles. The van der Waals surface area contributed by atoms with Crippen LogP contribution in [0.4, 0.5) is 0 Å². The van der Waals surface area contributed by atoms with E-state index in [1.165, 1.54) is 11.3 Å². The number of thiophene rings is 1. The van der Waals surface area contributed by atoms with Crippen LogP contribution in [0.5, 0.6) is 0 Å². The maximum absolute atomic E-state index is 6.14. The van der Waals surface area contributed by atoms with Crippen molar-refractivity contribution < 1.29 is 0 Å². The molecule has 146 valence electrons. The van der Waals surface area contributed by atoms with Crippen molar-refractivity contribution in [3.05, 3.63) is 59.2 Å². The van der Waals surface area contributed by atoms with Crippen molar-refractivity contribution in [3.63, 3.8) is 0 Å². The van der Waals surface area contributed by atoms with E-state index in [0.717, 1.165) is 48.1 Å². The van der Waals surface area contributed by atoms with E-state index in [9.17, 15) is 0 Å². The molecule has 0 aliphatic rings. The average molecular weight is 432 g/mol. The van der Waals surface area contributed by atoms with E-state index in [1.807, 2.05) is 49.6 Å². The van der Waals surface area contributed by atoms with Gasteiger partial charge in [0.2, 0.25) is 0 Å². The Balaban J connectivity index is 1.52. The summed E-state index contributed by atoms with van der Waals surface area (Å²) in [6, 6.07) is 13.9. The zero-order valence-electron chi connectivity index (χ0n) is 15.7. The SMILES string of the molecule is Cn1cc(-c2ccc3[nH]nc(-c4nc5c(-c6ccc(Cl)s6)cccc5[nH]4)c3n2)cn1. The first kappa shape index (κ1) is 17.4. The number of rotatable bonds is 3. The molecular weight excluding hydrogens is 418 g/mol. The van der Waals surface area contributed by atoms with Gasteiger partial charge in [-0.3, -0.25) is 9.78 Å². The molecule has 0 bridgehead atoms. The highest BCUT2D eigenvalue weighted by molar-refractivity contribution is 7.19. The number of nitrogens with one attached hydrogen (secondary N) is 2. The van der Waals surface area contributed by atoms with Crippen LogP contribution in [0.2, 0.25) is 4.34 Å². The summed E-state index contributed by atoms with van der Waals surface area (Å²) >= 11 is 7.68. The minimum atomic E-state index is 0.669. The number of aromatic amines is 2. The predicted molar refractivity (Wildman–Crippen MR) is 120 cm³/mol. The molecule has 0 radical (unpaired) electrons. The first-order valence-corrected chi connectivity index (χ1v) is 10.4. The first-order valence-electron chi connectivity index (χ1n) is 9.25. The highest BCUT2D eigenvalue weighted by Gasteiger charge is 2.17. The van der Waals surface area contributed by atoms with Gasteiger partial charge in [-0.2, -0.15) is 10.2 Å². The van der Waals surface area contributed by atoms with E-state index in [1.54, 1.807) is 10.9 Å². The van der Waals surface area contributed by atoms with Gasteiger partial charge in [0.25, 0.3) is 0 Å². The molecule has 0 unspecified atom stereocenters. The molecule has 6 aromatic rings. The van der Waals surface area contributed by atoms with Gasteiger partial charge >= 0.3 is 0 Å². The topological polar surface area (TPSA) is 88.1 Å². The molecular formula is C21H14ClN7S. The van der Waals surface area contributed by atoms with Crippen LogP contribution in [0.25, 0.3) is 55.3 Å². The zero-order valence-corrected chi connectivity index (χ0v) is 17.3. The molecule has 0 saturated carbocycles. The third-order valence-corrected chi connectivity index (χ3v) is 6.25. The molecule has 0 atom stereocenters. The minimum absolute atomic E-state index is 0.669. The summed E-state index contributed by atoms with van der Waals surface area (Å²) in [5, 5.41) is 11.8. The number of fused-ring (bicyclic) bond motifs is 2. The number of halogens is 1. The van der Waals surface area contributed by atoms with Gasteiger partial charge in [0.05, 0.1) is 32.8 Å². The van der Waals surface area contributed by atoms with Crippen molar-refractivity contribution in [2.45, 2.75) is 0 Å². The summed E-state index contributed by atoms with van der Waals surface area (Å²) in [6.07, 6.45) is 3.74. The molecule has 5 aromatic heterocycles. The number of para-hydroxylation sites is 1. The predicted octanol–water partition coefficient (Wildman–Crippen LogP) is 5.28. The molecule has 7 nitrogen and oxygen atoms in total. The Labute approximate surface area is 179 Å². The third-order valence-electron chi connectivity index (χ3n) is 4.98. The fraction of sp³-hybridized carbons (Fsp3) is 0.0476. The molecule has 30 heavy (non-hydrogen) atoms. The smallest absolute Gasteiger partial charge is 0.161 e. The summed E-state index contributed by atoms with van der Waals surface area (Å²) in [4.78, 5) is 14.2. The first-order chi connectivity index (χ1) is 14.7. The van der Waals surface area contributed by atoms with Gasteiger partial charge in [-0.25, -0.2) is 9.97 Å². The molecule has 0 aliphatic heterocycles. The fourth-order valence-electron chi connectivity index (χ4n) is 3.58. The largest absolute Gasteiger partial charge is 0.336 e. The van der Waals surface area contributed by atoms with Gasteiger partial charge in [0.15, 0.2) is 11.5 Å². The number of imidazole rings is 1.